The number of nitrogens with zero attached hydrogens (tertiary/aromatic N) is 3. The average Bonchev–Trinajstić information content (AvgIpc) is 3.25. The summed E-state index contributed by atoms with van der Waals surface area (Å²) in [4.78, 5) is 19.8. The molecule has 2 aromatic heterocycles. The van der Waals surface area contributed by atoms with E-state index in [9.17, 15) is 9.90 Å². The van der Waals surface area contributed by atoms with Crippen LogP contribution in [0.15, 0.2) is 18.3 Å². The van der Waals surface area contributed by atoms with Crippen LogP contribution >= 0.6 is 0 Å². The Morgan fingerprint density at radius 2 is 2.14 bits per heavy atom. The number of imidazole rings is 1. The molecule has 2 aromatic rings. The maximum Gasteiger partial charge on any atom is 0.270 e. The molecule has 2 atom stereocenters. The molecule has 0 spiro atoms. The highest BCUT2D eigenvalue weighted by Crippen LogP contribution is 2.27. The molecule has 0 unspecified atom stereocenters. The van der Waals surface area contributed by atoms with E-state index in [-0.39, 0.29) is 24.6 Å². The van der Waals surface area contributed by atoms with E-state index in [2.05, 4.69) is 15.2 Å². The van der Waals surface area contributed by atoms with Crippen molar-refractivity contribution in [1.82, 2.24) is 19.6 Å². The Bertz CT molecular complexity index is 859. The van der Waals surface area contributed by atoms with Crippen molar-refractivity contribution in [2.45, 2.75) is 57.5 Å². The van der Waals surface area contributed by atoms with Crippen molar-refractivity contribution >= 4 is 11.6 Å². The first-order chi connectivity index (χ1) is 14.1. The monoisotopic (exact) mass is 400 g/mol. The van der Waals surface area contributed by atoms with Crippen molar-refractivity contribution in [3.8, 4) is 5.75 Å². The molecule has 1 amide bonds. The second-order valence-electron chi connectivity index (χ2n) is 8.61. The zero-order chi connectivity index (χ0) is 20.4. The number of fused-ring (bicyclic) bond motifs is 1. The third kappa shape index (κ3) is 4.26. The average molecular weight is 401 g/mol. The molecule has 3 heterocycles. The molecule has 158 valence electrons. The number of likely N-dealkylation sites (N-methyl/N-ethyl adjacent to an activating group) is 1. The second-order valence-corrected chi connectivity index (χ2v) is 8.61. The third-order valence-corrected chi connectivity index (χ3v) is 6.44. The predicted molar refractivity (Wildman–Crippen MR) is 111 cm³/mol. The summed E-state index contributed by atoms with van der Waals surface area (Å²) in [6.07, 6.45) is 9.00. The normalized spacial score (nSPS) is 23.6. The van der Waals surface area contributed by atoms with E-state index in [0.717, 1.165) is 18.7 Å². The van der Waals surface area contributed by atoms with Crippen LogP contribution in [0.3, 0.4) is 0 Å². The van der Waals surface area contributed by atoms with Crippen LogP contribution in [0.5, 0.6) is 5.75 Å². The van der Waals surface area contributed by atoms with Gasteiger partial charge in [-0.25, -0.2) is 4.98 Å². The van der Waals surface area contributed by atoms with Gasteiger partial charge in [0.2, 0.25) is 0 Å². The highest BCUT2D eigenvalue weighted by molar-refractivity contribution is 5.95. The molecule has 1 saturated carbocycles. The van der Waals surface area contributed by atoms with Crippen molar-refractivity contribution in [2.24, 2.45) is 5.92 Å². The van der Waals surface area contributed by atoms with E-state index in [1.807, 2.05) is 36.7 Å². The first-order valence-corrected chi connectivity index (χ1v) is 10.8. The second kappa shape index (κ2) is 8.71. The number of pyridine rings is 1. The van der Waals surface area contributed by atoms with Crippen LogP contribution in [0.25, 0.3) is 5.65 Å². The number of ether oxygens (including phenoxy) is 1. The van der Waals surface area contributed by atoms with E-state index in [1.165, 1.54) is 32.1 Å². The van der Waals surface area contributed by atoms with Gasteiger partial charge >= 0.3 is 0 Å². The highest BCUT2D eigenvalue weighted by atomic mass is 16.5. The smallest absolute Gasteiger partial charge is 0.270 e. The maximum absolute atomic E-state index is 13.0. The molecule has 7 heteroatoms. The lowest BCUT2D eigenvalue weighted by Gasteiger charge is -2.21. The number of aliphatic hydroxyl groups excluding tert-OH is 1. The van der Waals surface area contributed by atoms with Crippen LogP contribution in [0.4, 0.5) is 0 Å². The Morgan fingerprint density at radius 1 is 1.34 bits per heavy atom. The number of aliphatic hydroxyl groups is 1. The van der Waals surface area contributed by atoms with Crippen molar-refractivity contribution in [3.05, 3.63) is 29.7 Å². The van der Waals surface area contributed by atoms with E-state index >= 15 is 0 Å². The molecule has 0 radical (unpaired) electrons. The number of aromatic nitrogens is 2. The minimum atomic E-state index is -0.128. The van der Waals surface area contributed by atoms with E-state index in [1.54, 1.807) is 0 Å². The van der Waals surface area contributed by atoms with Gasteiger partial charge in [0.25, 0.3) is 5.91 Å². The molecule has 2 N–H and O–H groups in total. The van der Waals surface area contributed by atoms with Crippen LogP contribution in [0, 0.1) is 12.8 Å². The summed E-state index contributed by atoms with van der Waals surface area (Å²) in [5, 5.41) is 12.6. The number of rotatable bonds is 6. The lowest BCUT2D eigenvalue weighted by molar-refractivity contribution is 0.0931. The topological polar surface area (TPSA) is 79.1 Å². The van der Waals surface area contributed by atoms with Gasteiger partial charge < -0.3 is 15.2 Å². The number of hydrogen-bond acceptors (Lipinski definition) is 5. The SMILES string of the molecule is Cc1nc2c(OCC3CCCCC3)cccn2c1C(=O)N[C@H]1C[C@@H](CO)N(C)C1. The van der Waals surface area contributed by atoms with Gasteiger partial charge in [-0.2, -0.15) is 0 Å². The fourth-order valence-electron chi connectivity index (χ4n) is 4.76. The summed E-state index contributed by atoms with van der Waals surface area (Å²) in [5.41, 5.74) is 1.95. The minimum absolute atomic E-state index is 0.0281. The predicted octanol–water partition coefficient (Wildman–Crippen LogP) is 2.40. The fraction of sp³-hybridized carbons (Fsp3) is 0.636. The molecule has 2 aliphatic rings. The van der Waals surface area contributed by atoms with Crippen LogP contribution in [0.1, 0.15) is 54.7 Å². The van der Waals surface area contributed by atoms with Gasteiger partial charge in [0, 0.05) is 24.8 Å². The van der Waals surface area contributed by atoms with Gasteiger partial charge in [0.05, 0.1) is 18.9 Å². The zero-order valence-corrected chi connectivity index (χ0v) is 17.4. The lowest BCUT2D eigenvalue weighted by Crippen LogP contribution is -2.37. The maximum atomic E-state index is 13.0. The molecular formula is C22H32N4O3. The van der Waals surface area contributed by atoms with Crippen molar-refractivity contribution in [2.75, 3.05) is 26.8 Å². The van der Waals surface area contributed by atoms with Gasteiger partial charge in [-0.15, -0.1) is 0 Å². The molecule has 2 fully saturated rings. The van der Waals surface area contributed by atoms with E-state index in [0.29, 0.717) is 29.6 Å². The quantitative estimate of drug-likeness (QED) is 0.778. The molecule has 7 nitrogen and oxygen atoms in total. The number of carbonyl (C=O) groups is 1. The van der Waals surface area contributed by atoms with Crippen LogP contribution in [-0.4, -0.2) is 64.2 Å². The number of aryl methyl sites for hydroxylation is 1. The van der Waals surface area contributed by atoms with Crippen LogP contribution < -0.4 is 10.1 Å². The first-order valence-electron chi connectivity index (χ1n) is 10.8. The number of carbonyl (C=O) groups excluding carboxylic acids is 1. The molecule has 29 heavy (non-hydrogen) atoms. The summed E-state index contributed by atoms with van der Waals surface area (Å²) >= 11 is 0. The largest absolute Gasteiger partial charge is 0.489 e. The Labute approximate surface area is 172 Å². The molecule has 4 rings (SSSR count). The van der Waals surface area contributed by atoms with Crippen molar-refractivity contribution < 1.29 is 14.6 Å². The van der Waals surface area contributed by atoms with Crippen LogP contribution in [0.2, 0.25) is 0 Å². The summed E-state index contributed by atoms with van der Waals surface area (Å²) in [7, 11) is 1.97. The fourth-order valence-corrected chi connectivity index (χ4v) is 4.76. The Kier molecular flexibility index (Phi) is 6.06. The van der Waals surface area contributed by atoms with Gasteiger partial charge in [-0.05, 0) is 51.3 Å². The number of nitrogens with one attached hydrogen (secondary N) is 1. The number of hydrogen-bond donors (Lipinski definition) is 2. The van der Waals surface area contributed by atoms with E-state index < -0.39 is 0 Å². The summed E-state index contributed by atoms with van der Waals surface area (Å²) < 4.78 is 7.97. The molecule has 0 bridgehead atoms. The Morgan fingerprint density at radius 3 is 2.86 bits per heavy atom. The molecule has 0 aromatic carbocycles. The third-order valence-electron chi connectivity index (χ3n) is 6.44. The molecular weight excluding hydrogens is 368 g/mol. The number of likely N-dealkylation sites (tertiary alicyclic amines) is 1. The summed E-state index contributed by atoms with van der Waals surface area (Å²) in [6.45, 7) is 3.43. The summed E-state index contributed by atoms with van der Waals surface area (Å²) in [6, 6.07) is 3.97. The zero-order valence-electron chi connectivity index (χ0n) is 17.4. The van der Waals surface area contributed by atoms with Crippen molar-refractivity contribution in [1.29, 1.82) is 0 Å². The van der Waals surface area contributed by atoms with E-state index in [4.69, 9.17) is 4.74 Å². The molecule has 1 aliphatic carbocycles. The lowest BCUT2D eigenvalue weighted by atomic mass is 9.90. The first kappa shape index (κ1) is 20.2. The van der Waals surface area contributed by atoms with Gasteiger partial charge in [0.1, 0.15) is 5.69 Å². The standard InChI is InChI=1S/C22H32N4O3/c1-15-20(22(28)24-17-11-18(13-27)25(2)12-17)26-10-6-9-19(21(26)23-15)29-14-16-7-4-3-5-8-16/h6,9-10,16-18,27H,3-5,7-8,11-14H2,1-2H3,(H,24,28)/t17-,18-/m0/s1. The van der Waals surface area contributed by atoms with Gasteiger partial charge in [-0.1, -0.05) is 19.3 Å². The molecule has 1 aliphatic heterocycles. The number of amides is 1. The van der Waals surface area contributed by atoms with Crippen molar-refractivity contribution in [3.63, 3.8) is 0 Å². The van der Waals surface area contributed by atoms with Gasteiger partial charge in [-0.3, -0.25) is 14.1 Å². The highest BCUT2D eigenvalue weighted by Gasteiger charge is 2.31. The summed E-state index contributed by atoms with van der Waals surface area (Å²) in [5.74, 6) is 1.22. The van der Waals surface area contributed by atoms with Gasteiger partial charge in [0.15, 0.2) is 11.4 Å². The minimum Gasteiger partial charge on any atom is -0.489 e. The Hall–Kier alpha value is -2.12. The molecule has 1 saturated heterocycles. The van der Waals surface area contributed by atoms with Crippen LogP contribution in [-0.2, 0) is 0 Å². The Balaban J connectivity index is 1.50.